The van der Waals surface area contributed by atoms with Crippen molar-refractivity contribution in [2.75, 3.05) is 13.7 Å². The maximum atomic E-state index is 14.1. The van der Waals surface area contributed by atoms with Crippen LogP contribution in [0.5, 0.6) is 0 Å². The normalized spacial score (nSPS) is 9.96. The van der Waals surface area contributed by atoms with Gasteiger partial charge >= 0.3 is 0 Å². The number of hydrogen-bond donors (Lipinski definition) is 1. The van der Waals surface area contributed by atoms with Crippen molar-refractivity contribution in [2.24, 2.45) is 0 Å². The zero-order valence-corrected chi connectivity index (χ0v) is 17.5. The number of pyridine rings is 1. The van der Waals surface area contributed by atoms with Gasteiger partial charge in [0.2, 0.25) is 0 Å². The van der Waals surface area contributed by atoms with E-state index in [1.165, 1.54) is 6.07 Å². The van der Waals surface area contributed by atoms with Crippen LogP contribution in [0.25, 0.3) is 10.9 Å². The number of aromatic nitrogens is 2. The van der Waals surface area contributed by atoms with Crippen molar-refractivity contribution in [3.8, 4) is 0 Å². The third-order valence-electron chi connectivity index (χ3n) is 3.97. The summed E-state index contributed by atoms with van der Waals surface area (Å²) in [7, 11) is 1.74. The summed E-state index contributed by atoms with van der Waals surface area (Å²) in [5, 5.41) is 0.942. The van der Waals surface area contributed by atoms with Gasteiger partial charge in [0.05, 0.1) is 30.1 Å². The summed E-state index contributed by atoms with van der Waals surface area (Å²) in [5.74, 6) is -0.254. The second-order valence-corrected chi connectivity index (χ2v) is 5.84. The Labute approximate surface area is 166 Å². The molecule has 1 aromatic carbocycles. The van der Waals surface area contributed by atoms with E-state index in [1.807, 2.05) is 57.4 Å². The van der Waals surface area contributed by atoms with Crippen LogP contribution >= 0.6 is 0 Å². The molecule has 0 aliphatic carbocycles. The smallest absolute Gasteiger partial charge is 0.166 e. The Morgan fingerprint density at radius 3 is 2.46 bits per heavy atom. The molecule has 3 rings (SSSR count). The van der Waals surface area contributed by atoms with Gasteiger partial charge in [0.25, 0.3) is 0 Å². The molecule has 0 saturated heterocycles. The fraction of sp³-hybridized carbons (Fsp3) is 0.364. The van der Waals surface area contributed by atoms with Crippen molar-refractivity contribution in [3.63, 3.8) is 0 Å². The lowest BCUT2D eigenvalue weighted by atomic mass is 10.1. The average molecular weight is 387 g/mol. The van der Waals surface area contributed by atoms with Crippen molar-refractivity contribution in [1.29, 1.82) is 0 Å². The fourth-order valence-corrected chi connectivity index (χ4v) is 2.78. The van der Waals surface area contributed by atoms with Gasteiger partial charge in [-0.2, -0.15) is 0 Å². The zero-order valence-electron chi connectivity index (χ0n) is 17.5. The highest BCUT2D eigenvalue weighted by molar-refractivity contribution is 5.90. The highest BCUT2D eigenvalue weighted by Gasteiger charge is 2.13. The number of rotatable bonds is 5. The monoisotopic (exact) mass is 387 g/mol. The van der Waals surface area contributed by atoms with E-state index in [-0.39, 0.29) is 5.82 Å². The summed E-state index contributed by atoms with van der Waals surface area (Å²) in [4.78, 5) is 20.1. The van der Waals surface area contributed by atoms with Crippen LogP contribution in [0.1, 0.15) is 48.1 Å². The molecule has 0 amide bonds. The minimum absolute atomic E-state index is 0.254. The fourth-order valence-electron chi connectivity index (χ4n) is 2.78. The number of aldehydes is 1. The van der Waals surface area contributed by atoms with Crippen molar-refractivity contribution >= 4 is 17.2 Å². The number of benzene rings is 1. The van der Waals surface area contributed by atoms with Crippen LogP contribution in [0.4, 0.5) is 4.39 Å². The van der Waals surface area contributed by atoms with Gasteiger partial charge in [0.1, 0.15) is 5.82 Å². The number of hydrogen-bond acceptors (Lipinski definition) is 4. The molecule has 2 heterocycles. The van der Waals surface area contributed by atoms with E-state index in [4.69, 9.17) is 0 Å². The highest BCUT2D eigenvalue weighted by Crippen LogP contribution is 2.23. The zero-order chi connectivity index (χ0) is 21.1. The van der Waals surface area contributed by atoms with E-state index in [1.54, 1.807) is 19.3 Å². The number of halogens is 1. The van der Waals surface area contributed by atoms with E-state index in [2.05, 4.69) is 15.3 Å². The quantitative estimate of drug-likeness (QED) is 0.503. The van der Waals surface area contributed by atoms with Gasteiger partial charge in [0, 0.05) is 24.2 Å². The molecular formula is C22H30FN3O2. The largest absolute Gasteiger partial charge is 0.332 e. The maximum Gasteiger partial charge on any atom is 0.166 e. The van der Waals surface area contributed by atoms with E-state index >= 15 is 0 Å². The van der Waals surface area contributed by atoms with Gasteiger partial charge in [-0.15, -0.1) is 0 Å². The Bertz CT molecular complexity index is 889. The number of hydroxylamine groups is 1. The van der Waals surface area contributed by atoms with Gasteiger partial charge in [-0.3, -0.25) is 9.78 Å². The van der Waals surface area contributed by atoms with Gasteiger partial charge in [-0.1, -0.05) is 26.0 Å². The summed E-state index contributed by atoms with van der Waals surface area (Å²) in [5.41, 5.74) is 6.18. The summed E-state index contributed by atoms with van der Waals surface area (Å²) in [6.07, 6.45) is 2.51. The number of aryl methyl sites for hydroxylation is 2. The van der Waals surface area contributed by atoms with Crippen LogP contribution in [0.2, 0.25) is 0 Å². The van der Waals surface area contributed by atoms with Crippen LogP contribution in [0.15, 0.2) is 36.5 Å². The van der Waals surface area contributed by atoms with Crippen LogP contribution in [0.3, 0.4) is 0 Å². The second kappa shape index (κ2) is 12.0. The summed E-state index contributed by atoms with van der Waals surface area (Å²) in [6, 6.07) is 8.81. The van der Waals surface area contributed by atoms with Gasteiger partial charge in [0.15, 0.2) is 6.29 Å². The van der Waals surface area contributed by atoms with E-state index < -0.39 is 0 Å². The van der Waals surface area contributed by atoms with E-state index in [9.17, 15) is 9.18 Å². The third-order valence-corrected chi connectivity index (χ3v) is 3.97. The average Bonchev–Trinajstić information content (AvgIpc) is 3.05. The first-order valence-corrected chi connectivity index (χ1v) is 9.45. The number of nitrogens with zero attached hydrogens (tertiary/aromatic N) is 2. The predicted octanol–water partition coefficient (Wildman–Crippen LogP) is 4.84. The first kappa shape index (κ1) is 23.5. The molecule has 2 aromatic heterocycles. The molecule has 3 aromatic rings. The van der Waals surface area contributed by atoms with Gasteiger partial charge in [-0.05, 0) is 44.5 Å². The number of nitrogens with one attached hydrogen (secondary N) is 1. The van der Waals surface area contributed by atoms with Crippen LogP contribution in [0, 0.1) is 19.7 Å². The van der Waals surface area contributed by atoms with Crippen LogP contribution in [-0.2, 0) is 11.4 Å². The molecule has 6 heteroatoms. The molecule has 0 unspecified atom stereocenters. The lowest BCUT2D eigenvalue weighted by Gasteiger charge is -2.10. The molecule has 0 radical (unpaired) electrons. The van der Waals surface area contributed by atoms with Gasteiger partial charge < -0.3 is 9.40 Å². The Balaban J connectivity index is 0.000000490. The molecule has 0 bridgehead atoms. The topological polar surface area (TPSA) is 56.1 Å². The maximum absolute atomic E-state index is 14.1. The number of carbonyl (C=O) groups is 1. The molecule has 152 valence electrons. The Morgan fingerprint density at radius 2 is 1.93 bits per heavy atom. The first-order valence-electron chi connectivity index (χ1n) is 9.45. The van der Waals surface area contributed by atoms with Crippen LogP contribution < -0.4 is 5.48 Å². The Hall–Kier alpha value is -2.57. The van der Waals surface area contributed by atoms with Crippen LogP contribution in [-0.4, -0.2) is 29.5 Å². The van der Waals surface area contributed by atoms with Gasteiger partial charge in [-0.25, -0.2) is 9.87 Å². The number of carbonyl (C=O) groups excluding carboxylic acids is 1. The first-order chi connectivity index (χ1) is 13.5. The molecule has 5 nitrogen and oxygen atoms in total. The van der Waals surface area contributed by atoms with E-state index in [0.29, 0.717) is 17.8 Å². The molecular weight excluding hydrogens is 357 g/mol. The molecule has 0 fully saturated rings. The molecule has 0 saturated carbocycles. The second-order valence-electron chi connectivity index (χ2n) is 5.84. The van der Waals surface area contributed by atoms with Crippen molar-refractivity contribution < 1.29 is 14.0 Å². The highest BCUT2D eigenvalue weighted by atomic mass is 19.1. The Morgan fingerprint density at radius 1 is 1.21 bits per heavy atom. The molecule has 0 atom stereocenters. The lowest BCUT2D eigenvalue weighted by Crippen LogP contribution is -2.06. The van der Waals surface area contributed by atoms with Crippen molar-refractivity contribution in [3.05, 3.63) is 64.9 Å². The molecule has 0 spiro atoms. The lowest BCUT2D eigenvalue weighted by molar-refractivity contribution is 0.0687. The molecule has 0 aliphatic rings. The predicted molar refractivity (Wildman–Crippen MR) is 112 cm³/mol. The summed E-state index contributed by atoms with van der Waals surface area (Å²) < 4.78 is 15.9. The molecule has 28 heavy (non-hydrogen) atoms. The van der Waals surface area contributed by atoms with Crippen molar-refractivity contribution in [2.45, 2.75) is 41.2 Å². The summed E-state index contributed by atoms with van der Waals surface area (Å²) in [6.45, 7) is 10.7. The van der Waals surface area contributed by atoms with Crippen molar-refractivity contribution in [1.82, 2.24) is 15.0 Å². The molecule has 0 aliphatic heterocycles. The molecule has 1 N–H and O–H groups in total. The third kappa shape index (κ3) is 5.97. The number of fused-ring (bicyclic) bond motifs is 1. The standard InChI is InChI=1S/C17H15FN2O.C3H9NO.C2H6/c1-11-3-4-14(16(18)7-11)9-20-15(10-21)8-13-5-6-19-12(2)17(13)20;1-3-5-4-2;1-2/h3-8,10H,9H2,1-2H3;4H,3H2,1-2H3;1-2H3. The Kier molecular flexibility index (Phi) is 10.1. The van der Waals surface area contributed by atoms with E-state index in [0.717, 1.165) is 35.1 Å². The summed E-state index contributed by atoms with van der Waals surface area (Å²) >= 11 is 0. The SMILES string of the molecule is CC.CCONC.Cc1ccc(Cn2c(C=O)cc3ccnc(C)c32)c(F)c1. The minimum atomic E-state index is -0.254. The minimum Gasteiger partial charge on any atom is -0.332 e.